The quantitative estimate of drug-likeness (QED) is 0.827. The Bertz CT molecular complexity index is 451. The fourth-order valence-corrected chi connectivity index (χ4v) is 1.57. The van der Waals surface area contributed by atoms with Crippen LogP contribution in [0.25, 0.3) is 0 Å². The molecule has 0 amide bonds. The standard InChI is InChI=1S/C12H14FN3/c1-9-4-11(13)3-2-10(9)5-14-6-12-7-15-8-16-12/h2-4,7-8,14H,5-6H2,1H3,(H,15,16). The van der Waals surface area contributed by atoms with Crippen LogP contribution in [0.4, 0.5) is 4.39 Å². The summed E-state index contributed by atoms with van der Waals surface area (Å²) in [6.45, 7) is 3.37. The van der Waals surface area contributed by atoms with Gasteiger partial charge in [-0.05, 0) is 30.2 Å². The third-order valence-corrected chi connectivity index (χ3v) is 2.49. The summed E-state index contributed by atoms with van der Waals surface area (Å²) in [5.74, 6) is -0.185. The van der Waals surface area contributed by atoms with Crippen molar-refractivity contribution in [1.29, 1.82) is 0 Å². The van der Waals surface area contributed by atoms with Crippen LogP contribution in [-0.4, -0.2) is 9.97 Å². The molecule has 0 radical (unpaired) electrons. The lowest BCUT2D eigenvalue weighted by molar-refractivity contribution is 0.622. The number of imidazole rings is 1. The molecule has 2 N–H and O–H groups in total. The van der Waals surface area contributed by atoms with Crippen LogP contribution >= 0.6 is 0 Å². The van der Waals surface area contributed by atoms with Gasteiger partial charge in [0.25, 0.3) is 0 Å². The Kier molecular flexibility index (Phi) is 3.31. The average Bonchev–Trinajstić information content (AvgIpc) is 2.74. The number of nitrogens with zero attached hydrogens (tertiary/aromatic N) is 1. The number of aromatic nitrogens is 2. The molecule has 0 fully saturated rings. The maximum atomic E-state index is 12.9. The molecule has 0 bridgehead atoms. The number of benzene rings is 1. The highest BCUT2D eigenvalue weighted by atomic mass is 19.1. The van der Waals surface area contributed by atoms with Crippen molar-refractivity contribution in [2.75, 3.05) is 0 Å². The van der Waals surface area contributed by atoms with E-state index in [1.807, 2.05) is 13.0 Å². The van der Waals surface area contributed by atoms with Gasteiger partial charge in [0.2, 0.25) is 0 Å². The fourth-order valence-electron chi connectivity index (χ4n) is 1.57. The van der Waals surface area contributed by atoms with Gasteiger partial charge in [0.1, 0.15) is 5.82 Å². The largest absolute Gasteiger partial charge is 0.347 e. The first-order valence-electron chi connectivity index (χ1n) is 5.18. The molecule has 0 aliphatic heterocycles. The topological polar surface area (TPSA) is 40.7 Å². The first-order chi connectivity index (χ1) is 7.75. The number of hydrogen-bond donors (Lipinski definition) is 2. The smallest absolute Gasteiger partial charge is 0.123 e. The van der Waals surface area contributed by atoms with Crippen molar-refractivity contribution in [3.05, 3.63) is 53.4 Å². The lowest BCUT2D eigenvalue weighted by Crippen LogP contribution is -2.13. The normalized spacial score (nSPS) is 10.6. The first kappa shape index (κ1) is 10.8. The minimum absolute atomic E-state index is 0.185. The molecule has 16 heavy (non-hydrogen) atoms. The predicted octanol–water partition coefficient (Wildman–Crippen LogP) is 2.15. The third-order valence-electron chi connectivity index (χ3n) is 2.49. The second-order valence-electron chi connectivity index (χ2n) is 3.75. The minimum Gasteiger partial charge on any atom is -0.347 e. The number of aromatic amines is 1. The Morgan fingerprint density at radius 1 is 1.38 bits per heavy atom. The summed E-state index contributed by atoms with van der Waals surface area (Å²) in [4.78, 5) is 6.95. The monoisotopic (exact) mass is 219 g/mol. The highest BCUT2D eigenvalue weighted by molar-refractivity contribution is 5.26. The molecular weight excluding hydrogens is 205 g/mol. The van der Waals surface area contributed by atoms with E-state index in [1.54, 1.807) is 18.6 Å². The van der Waals surface area contributed by atoms with Gasteiger partial charge in [-0.15, -0.1) is 0 Å². The molecule has 84 valence electrons. The summed E-state index contributed by atoms with van der Waals surface area (Å²) in [5.41, 5.74) is 3.12. The number of H-pyrrole nitrogens is 1. The van der Waals surface area contributed by atoms with E-state index >= 15 is 0 Å². The van der Waals surface area contributed by atoms with E-state index in [2.05, 4.69) is 15.3 Å². The lowest BCUT2D eigenvalue weighted by atomic mass is 10.1. The summed E-state index contributed by atoms with van der Waals surface area (Å²) >= 11 is 0. The Morgan fingerprint density at radius 2 is 2.25 bits per heavy atom. The molecule has 0 atom stereocenters. The van der Waals surface area contributed by atoms with Crippen molar-refractivity contribution < 1.29 is 4.39 Å². The van der Waals surface area contributed by atoms with E-state index in [1.165, 1.54) is 6.07 Å². The molecular formula is C12H14FN3. The van der Waals surface area contributed by atoms with Crippen LogP contribution in [0.2, 0.25) is 0 Å². The second-order valence-corrected chi connectivity index (χ2v) is 3.75. The molecule has 0 spiro atoms. The second kappa shape index (κ2) is 4.90. The SMILES string of the molecule is Cc1cc(F)ccc1CNCc1cnc[nH]1. The highest BCUT2D eigenvalue weighted by Gasteiger charge is 2.00. The molecule has 1 aromatic carbocycles. The van der Waals surface area contributed by atoms with Gasteiger partial charge in [-0.25, -0.2) is 9.37 Å². The van der Waals surface area contributed by atoms with E-state index < -0.39 is 0 Å². The summed E-state index contributed by atoms with van der Waals surface area (Å²) in [6.07, 6.45) is 3.44. The molecule has 1 aromatic heterocycles. The summed E-state index contributed by atoms with van der Waals surface area (Å²) in [6, 6.07) is 4.85. The number of nitrogens with one attached hydrogen (secondary N) is 2. The van der Waals surface area contributed by atoms with Gasteiger partial charge in [0, 0.05) is 25.0 Å². The number of rotatable bonds is 4. The van der Waals surface area contributed by atoms with Crippen LogP contribution in [0.5, 0.6) is 0 Å². The van der Waals surface area contributed by atoms with Gasteiger partial charge in [0.15, 0.2) is 0 Å². The fraction of sp³-hybridized carbons (Fsp3) is 0.250. The summed E-state index contributed by atoms with van der Waals surface area (Å²) in [5, 5.41) is 3.27. The first-order valence-corrected chi connectivity index (χ1v) is 5.18. The number of hydrogen-bond acceptors (Lipinski definition) is 2. The molecule has 0 unspecified atom stereocenters. The summed E-state index contributed by atoms with van der Waals surface area (Å²) in [7, 11) is 0. The molecule has 3 nitrogen and oxygen atoms in total. The van der Waals surface area contributed by atoms with Crippen molar-refractivity contribution in [3.63, 3.8) is 0 Å². The Balaban J connectivity index is 1.90. The Labute approximate surface area is 93.7 Å². The highest BCUT2D eigenvalue weighted by Crippen LogP contribution is 2.09. The van der Waals surface area contributed by atoms with Gasteiger partial charge in [0.05, 0.1) is 6.33 Å². The molecule has 2 rings (SSSR count). The maximum absolute atomic E-state index is 12.9. The number of halogens is 1. The molecule has 0 saturated carbocycles. The van der Waals surface area contributed by atoms with Gasteiger partial charge in [-0.2, -0.15) is 0 Å². The van der Waals surface area contributed by atoms with Crippen molar-refractivity contribution >= 4 is 0 Å². The van der Waals surface area contributed by atoms with Crippen LogP contribution in [0.3, 0.4) is 0 Å². The van der Waals surface area contributed by atoms with E-state index in [0.717, 1.165) is 29.9 Å². The predicted molar refractivity (Wildman–Crippen MR) is 60.3 cm³/mol. The van der Waals surface area contributed by atoms with Gasteiger partial charge < -0.3 is 10.3 Å². The van der Waals surface area contributed by atoms with Gasteiger partial charge in [-0.1, -0.05) is 6.07 Å². The van der Waals surface area contributed by atoms with E-state index in [0.29, 0.717) is 0 Å². The molecule has 0 aliphatic rings. The van der Waals surface area contributed by atoms with E-state index in [4.69, 9.17) is 0 Å². The average molecular weight is 219 g/mol. The van der Waals surface area contributed by atoms with Crippen LogP contribution in [-0.2, 0) is 13.1 Å². The van der Waals surface area contributed by atoms with Gasteiger partial charge >= 0.3 is 0 Å². The van der Waals surface area contributed by atoms with Crippen LogP contribution in [0.1, 0.15) is 16.8 Å². The molecule has 1 heterocycles. The molecule has 0 saturated heterocycles. The van der Waals surface area contributed by atoms with E-state index in [-0.39, 0.29) is 5.82 Å². The van der Waals surface area contributed by atoms with Crippen molar-refractivity contribution in [1.82, 2.24) is 15.3 Å². The zero-order chi connectivity index (χ0) is 11.4. The van der Waals surface area contributed by atoms with Crippen molar-refractivity contribution in [2.24, 2.45) is 0 Å². The Morgan fingerprint density at radius 3 is 2.94 bits per heavy atom. The number of aryl methyl sites for hydroxylation is 1. The maximum Gasteiger partial charge on any atom is 0.123 e. The lowest BCUT2D eigenvalue weighted by Gasteiger charge is -2.06. The van der Waals surface area contributed by atoms with Gasteiger partial charge in [-0.3, -0.25) is 0 Å². The van der Waals surface area contributed by atoms with E-state index in [9.17, 15) is 4.39 Å². The Hall–Kier alpha value is -1.68. The minimum atomic E-state index is -0.185. The summed E-state index contributed by atoms with van der Waals surface area (Å²) < 4.78 is 12.9. The van der Waals surface area contributed by atoms with Crippen LogP contribution in [0, 0.1) is 12.7 Å². The zero-order valence-electron chi connectivity index (χ0n) is 9.13. The molecule has 0 aliphatic carbocycles. The van der Waals surface area contributed by atoms with Crippen LogP contribution in [0.15, 0.2) is 30.7 Å². The van der Waals surface area contributed by atoms with Crippen molar-refractivity contribution in [3.8, 4) is 0 Å². The molecule has 4 heteroatoms. The van der Waals surface area contributed by atoms with Crippen LogP contribution < -0.4 is 5.32 Å². The third kappa shape index (κ3) is 2.67. The molecule has 2 aromatic rings. The van der Waals surface area contributed by atoms with Crippen molar-refractivity contribution in [2.45, 2.75) is 20.0 Å². The zero-order valence-corrected chi connectivity index (χ0v) is 9.13.